The molecular weight excluding hydrogens is 341 g/mol. The van der Waals surface area contributed by atoms with Gasteiger partial charge in [-0.25, -0.2) is 0 Å². The van der Waals surface area contributed by atoms with Crippen molar-refractivity contribution in [2.75, 3.05) is 27.3 Å². The van der Waals surface area contributed by atoms with E-state index in [9.17, 15) is 9.59 Å². The number of carbonyl (C=O) groups excluding carboxylic acids is 2. The van der Waals surface area contributed by atoms with Crippen molar-refractivity contribution in [2.45, 2.75) is 6.42 Å². The first-order chi connectivity index (χ1) is 9.85. The lowest BCUT2D eigenvalue weighted by atomic mass is 10.3. The smallest absolute Gasteiger partial charge is 0.307 e. The number of rotatable bonds is 6. The standard InChI is InChI=1S/C13H14Cl3NO4/c1-17(4-3-13(19)20-2)12(18)7-21-11-6-9(15)8(14)5-10(11)16/h5-6H,3-4,7H2,1-2H3. The van der Waals surface area contributed by atoms with Crippen molar-refractivity contribution in [3.8, 4) is 5.75 Å². The molecule has 21 heavy (non-hydrogen) atoms. The Morgan fingerprint density at radius 2 is 1.76 bits per heavy atom. The Morgan fingerprint density at radius 3 is 2.38 bits per heavy atom. The van der Waals surface area contributed by atoms with Gasteiger partial charge in [0.15, 0.2) is 6.61 Å². The molecule has 8 heteroatoms. The van der Waals surface area contributed by atoms with Crippen LogP contribution in [0.4, 0.5) is 0 Å². The van der Waals surface area contributed by atoms with Gasteiger partial charge in [0.1, 0.15) is 5.75 Å². The van der Waals surface area contributed by atoms with E-state index in [0.717, 1.165) is 0 Å². The third kappa shape index (κ3) is 5.61. The number of hydrogen-bond donors (Lipinski definition) is 0. The molecule has 1 amide bonds. The van der Waals surface area contributed by atoms with Crippen LogP contribution in [-0.4, -0.2) is 44.1 Å². The second-order valence-electron chi connectivity index (χ2n) is 4.13. The number of ether oxygens (including phenoxy) is 2. The molecule has 0 aliphatic heterocycles. The maximum Gasteiger partial charge on any atom is 0.307 e. The summed E-state index contributed by atoms with van der Waals surface area (Å²) in [4.78, 5) is 24.2. The Kier molecular flexibility index (Phi) is 7.08. The van der Waals surface area contributed by atoms with Crippen LogP contribution in [0, 0.1) is 0 Å². The van der Waals surface area contributed by atoms with Crippen molar-refractivity contribution in [3.63, 3.8) is 0 Å². The van der Waals surface area contributed by atoms with Crippen LogP contribution in [0.3, 0.4) is 0 Å². The zero-order valence-electron chi connectivity index (χ0n) is 11.5. The molecule has 0 fully saturated rings. The molecule has 1 aromatic carbocycles. The summed E-state index contributed by atoms with van der Waals surface area (Å²) in [5, 5.41) is 0.840. The molecule has 5 nitrogen and oxygen atoms in total. The summed E-state index contributed by atoms with van der Waals surface area (Å²) in [6, 6.07) is 2.88. The van der Waals surface area contributed by atoms with Crippen LogP contribution in [0.5, 0.6) is 5.75 Å². The summed E-state index contributed by atoms with van der Waals surface area (Å²) in [6.45, 7) is 0.0132. The SMILES string of the molecule is COC(=O)CCN(C)C(=O)COc1cc(Cl)c(Cl)cc1Cl. The summed E-state index contributed by atoms with van der Waals surface area (Å²) in [6.07, 6.45) is 0.117. The van der Waals surface area contributed by atoms with Crippen LogP contribution >= 0.6 is 34.8 Å². The molecule has 0 N–H and O–H groups in total. The highest BCUT2D eigenvalue weighted by Gasteiger charge is 2.13. The van der Waals surface area contributed by atoms with E-state index < -0.39 is 0 Å². The zero-order valence-corrected chi connectivity index (χ0v) is 13.8. The van der Waals surface area contributed by atoms with Gasteiger partial charge in [-0.15, -0.1) is 0 Å². The average Bonchev–Trinajstić information content (AvgIpc) is 2.46. The normalized spacial score (nSPS) is 10.1. The van der Waals surface area contributed by atoms with Gasteiger partial charge < -0.3 is 14.4 Å². The molecule has 0 saturated carbocycles. The van der Waals surface area contributed by atoms with Gasteiger partial charge in [-0.2, -0.15) is 0 Å². The summed E-state index contributed by atoms with van der Waals surface area (Å²) in [5.74, 6) is -0.426. The van der Waals surface area contributed by atoms with E-state index in [4.69, 9.17) is 39.5 Å². The number of amides is 1. The Morgan fingerprint density at radius 1 is 1.14 bits per heavy atom. The van der Waals surface area contributed by atoms with Crippen molar-refractivity contribution in [1.29, 1.82) is 0 Å². The molecule has 0 heterocycles. The van der Waals surface area contributed by atoms with E-state index in [-0.39, 0.29) is 47.2 Å². The van der Waals surface area contributed by atoms with Gasteiger partial charge in [0.25, 0.3) is 5.91 Å². The van der Waals surface area contributed by atoms with Gasteiger partial charge in [0.2, 0.25) is 0 Å². The van der Waals surface area contributed by atoms with E-state index in [1.807, 2.05) is 0 Å². The number of methoxy groups -OCH3 is 1. The number of halogens is 3. The van der Waals surface area contributed by atoms with Crippen molar-refractivity contribution < 1.29 is 19.1 Å². The summed E-state index contributed by atoms with van der Waals surface area (Å²) in [5.41, 5.74) is 0. The molecular formula is C13H14Cl3NO4. The Labute approximate surface area is 137 Å². The fourth-order valence-electron chi connectivity index (χ4n) is 1.35. The second kappa shape index (κ2) is 8.32. The first-order valence-corrected chi connectivity index (χ1v) is 7.06. The van der Waals surface area contributed by atoms with Crippen molar-refractivity contribution in [2.24, 2.45) is 0 Å². The lowest BCUT2D eigenvalue weighted by Crippen LogP contribution is -2.33. The molecule has 0 aromatic heterocycles. The molecule has 1 rings (SSSR count). The zero-order chi connectivity index (χ0) is 16.0. The maximum atomic E-state index is 11.8. The average molecular weight is 355 g/mol. The first-order valence-electron chi connectivity index (χ1n) is 5.93. The summed E-state index contributed by atoms with van der Waals surface area (Å²) in [7, 11) is 2.85. The molecule has 0 bridgehead atoms. The summed E-state index contributed by atoms with van der Waals surface area (Å²) < 4.78 is 9.80. The van der Waals surface area contributed by atoms with Gasteiger partial charge in [-0.05, 0) is 6.07 Å². The van der Waals surface area contributed by atoms with E-state index >= 15 is 0 Å². The maximum absolute atomic E-state index is 11.8. The van der Waals surface area contributed by atoms with Crippen molar-refractivity contribution in [3.05, 3.63) is 27.2 Å². The minimum Gasteiger partial charge on any atom is -0.482 e. The largest absolute Gasteiger partial charge is 0.482 e. The highest BCUT2D eigenvalue weighted by Crippen LogP contribution is 2.33. The van der Waals surface area contributed by atoms with Crippen molar-refractivity contribution >= 4 is 46.7 Å². The predicted molar refractivity (Wildman–Crippen MR) is 81.2 cm³/mol. The third-order valence-corrected chi connectivity index (χ3v) is 3.65. The lowest BCUT2D eigenvalue weighted by molar-refractivity contribution is -0.141. The fraction of sp³-hybridized carbons (Fsp3) is 0.385. The number of likely N-dealkylation sites (N-methyl/N-ethyl adjacent to an activating group) is 1. The topological polar surface area (TPSA) is 55.8 Å². The van der Waals surface area contributed by atoms with E-state index in [1.54, 1.807) is 7.05 Å². The van der Waals surface area contributed by atoms with E-state index in [2.05, 4.69) is 4.74 Å². The Balaban J connectivity index is 2.53. The predicted octanol–water partition coefficient (Wildman–Crippen LogP) is 3.05. The molecule has 0 spiro atoms. The van der Waals surface area contributed by atoms with Crippen LogP contribution in [-0.2, 0) is 14.3 Å². The van der Waals surface area contributed by atoms with Crippen molar-refractivity contribution in [1.82, 2.24) is 4.90 Å². The molecule has 0 radical (unpaired) electrons. The monoisotopic (exact) mass is 353 g/mol. The molecule has 116 valence electrons. The minimum atomic E-state index is -0.386. The quantitative estimate of drug-likeness (QED) is 0.582. The van der Waals surface area contributed by atoms with Gasteiger partial charge in [-0.1, -0.05) is 34.8 Å². The van der Waals surface area contributed by atoms with Crippen LogP contribution in [0.15, 0.2) is 12.1 Å². The molecule has 0 atom stereocenters. The van der Waals surface area contributed by atoms with E-state index in [0.29, 0.717) is 5.02 Å². The number of carbonyl (C=O) groups is 2. The molecule has 0 aliphatic rings. The Bertz CT molecular complexity index is 536. The number of hydrogen-bond acceptors (Lipinski definition) is 4. The van der Waals surface area contributed by atoms with Gasteiger partial charge in [0, 0.05) is 19.7 Å². The van der Waals surface area contributed by atoms with Gasteiger partial charge in [0.05, 0.1) is 28.6 Å². The molecule has 0 unspecified atom stereocenters. The summed E-state index contributed by atoms with van der Waals surface area (Å²) >= 11 is 17.6. The molecule has 0 aliphatic carbocycles. The fourth-order valence-corrected chi connectivity index (χ4v) is 1.94. The number of nitrogens with zero attached hydrogens (tertiary/aromatic N) is 1. The van der Waals surface area contributed by atoms with Crippen LogP contribution in [0.2, 0.25) is 15.1 Å². The van der Waals surface area contributed by atoms with Gasteiger partial charge >= 0.3 is 5.97 Å². The number of esters is 1. The molecule has 1 aromatic rings. The first kappa shape index (κ1) is 17.9. The lowest BCUT2D eigenvalue weighted by Gasteiger charge is -2.17. The second-order valence-corrected chi connectivity index (χ2v) is 5.35. The van der Waals surface area contributed by atoms with Crippen LogP contribution in [0.25, 0.3) is 0 Å². The van der Waals surface area contributed by atoms with Gasteiger partial charge in [-0.3, -0.25) is 9.59 Å². The van der Waals surface area contributed by atoms with Crippen LogP contribution < -0.4 is 4.74 Å². The Hall–Kier alpha value is -1.17. The minimum absolute atomic E-state index is 0.117. The molecule has 0 saturated heterocycles. The third-order valence-electron chi connectivity index (χ3n) is 2.63. The van der Waals surface area contributed by atoms with Crippen LogP contribution in [0.1, 0.15) is 6.42 Å². The number of benzene rings is 1. The highest BCUT2D eigenvalue weighted by molar-refractivity contribution is 6.43. The van der Waals surface area contributed by atoms with E-state index in [1.165, 1.54) is 24.1 Å². The highest BCUT2D eigenvalue weighted by atomic mass is 35.5.